The molecule has 68 valence electrons. The second-order valence-electron chi connectivity index (χ2n) is 3.18. The third-order valence-electron chi connectivity index (χ3n) is 1.91. The highest BCUT2D eigenvalue weighted by molar-refractivity contribution is 5.44. The van der Waals surface area contributed by atoms with Gasteiger partial charge in [-0.2, -0.15) is 0 Å². The minimum Gasteiger partial charge on any atom is -0.261 e. The summed E-state index contributed by atoms with van der Waals surface area (Å²) >= 11 is 0. The molecule has 0 atom stereocenters. The Hall–Kier alpha value is -1.37. The smallest absolute Gasteiger partial charge is 0.0447 e. The summed E-state index contributed by atoms with van der Waals surface area (Å²) in [7, 11) is 0. The van der Waals surface area contributed by atoms with Crippen LogP contribution in [0.3, 0.4) is 0 Å². The molecule has 1 aromatic rings. The lowest BCUT2D eigenvalue weighted by molar-refractivity contribution is 1.15. The van der Waals surface area contributed by atoms with Gasteiger partial charge in [0.15, 0.2) is 0 Å². The van der Waals surface area contributed by atoms with Gasteiger partial charge in [-0.1, -0.05) is 24.3 Å². The van der Waals surface area contributed by atoms with E-state index in [1.54, 1.807) is 0 Å². The van der Waals surface area contributed by atoms with Crippen LogP contribution >= 0.6 is 0 Å². The first-order valence-corrected chi connectivity index (χ1v) is 4.40. The Bertz CT molecular complexity index is 427. The van der Waals surface area contributed by atoms with Crippen molar-refractivity contribution in [2.45, 2.75) is 20.8 Å². The Labute approximate surface area is 79.1 Å². The van der Waals surface area contributed by atoms with Crippen molar-refractivity contribution >= 4 is 12.2 Å². The second-order valence-corrected chi connectivity index (χ2v) is 3.18. The lowest BCUT2D eigenvalue weighted by Gasteiger charge is -1.94. The highest BCUT2D eigenvalue weighted by Crippen LogP contribution is 1.86. The third-order valence-corrected chi connectivity index (χ3v) is 1.91. The van der Waals surface area contributed by atoms with Crippen LogP contribution in [0.5, 0.6) is 0 Å². The lowest BCUT2D eigenvalue weighted by Crippen LogP contribution is -2.27. The molecule has 0 spiro atoms. The van der Waals surface area contributed by atoms with E-state index in [1.165, 1.54) is 10.4 Å². The van der Waals surface area contributed by atoms with Crippen LogP contribution in [0.1, 0.15) is 19.5 Å². The first-order valence-electron chi connectivity index (χ1n) is 4.40. The van der Waals surface area contributed by atoms with Crippen molar-refractivity contribution in [1.29, 1.82) is 0 Å². The SMILES string of the molecule is C=C(C)/C=c1/ccnc(C)c1=CC. The maximum atomic E-state index is 4.24. The molecule has 0 saturated heterocycles. The summed E-state index contributed by atoms with van der Waals surface area (Å²) in [6, 6.07) is 2.01. The van der Waals surface area contributed by atoms with Gasteiger partial charge in [-0.3, -0.25) is 4.98 Å². The van der Waals surface area contributed by atoms with Crippen molar-refractivity contribution in [3.05, 3.63) is 40.5 Å². The molecule has 0 saturated carbocycles. The monoisotopic (exact) mass is 173 g/mol. The van der Waals surface area contributed by atoms with E-state index in [1.807, 2.05) is 33.0 Å². The van der Waals surface area contributed by atoms with Gasteiger partial charge in [0.25, 0.3) is 0 Å². The fourth-order valence-corrected chi connectivity index (χ4v) is 1.36. The fraction of sp³-hybridized carbons (Fsp3) is 0.250. The van der Waals surface area contributed by atoms with Gasteiger partial charge >= 0.3 is 0 Å². The number of allylic oxidation sites excluding steroid dienone is 1. The molecule has 1 heterocycles. The van der Waals surface area contributed by atoms with Crippen LogP contribution in [0, 0.1) is 6.92 Å². The summed E-state index contributed by atoms with van der Waals surface area (Å²) in [5.41, 5.74) is 2.13. The van der Waals surface area contributed by atoms with Crippen molar-refractivity contribution in [3.8, 4) is 0 Å². The average molecular weight is 173 g/mol. The van der Waals surface area contributed by atoms with Crippen LogP contribution in [0.15, 0.2) is 24.4 Å². The van der Waals surface area contributed by atoms with E-state index < -0.39 is 0 Å². The van der Waals surface area contributed by atoms with Gasteiger partial charge in [0, 0.05) is 11.9 Å². The number of hydrogen-bond donors (Lipinski definition) is 0. The van der Waals surface area contributed by atoms with Crippen molar-refractivity contribution in [2.75, 3.05) is 0 Å². The summed E-state index contributed by atoms with van der Waals surface area (Å²) in [5, 5.41) is 2.40. The van der Waals surface area contributed by atoms with Gasteiger partial charge in [0.1, 0.15) is 0 Å². The van der Waals surface area contributed by atoms with Crippen molar-refractivity contribution in [3.63, 3.8) is 0 Å². The minimum atomic E-state index is 1.06. The Morgan fingerprint density at radius 2 is 2.23 bits per heavy atom. The Morgan fingerprint density at radius 3 is 2.77 bits per heavy atom. The molecule has 13 heavy (non-hydrogen) atoms. The molecule has 0 aliphatic heterocycles. The highest BCUT2D eigenvalue weighted by atomic mass is 14.6. The molecule has 0 amide bonds. The summed E-state index contributed by atoms with van der Waals surface area (Å²) in [6.45, 7) is 9.91. The Morgan fingerprint density at radius 1 is 1.54 bits per heavy atom. The van der Waals surface area contributed by atoms with Crippen molar-refractivity contribution in [1.82, 2.24) is 4.98 Å². The molecule has 0 aliphatic rings. The number of pyridine rings is 1. The molecule has 1 rings (SSSR count). The number of aryl methyl sites for hydroxylation is 1. The normalized spacial score (nSPS) is 13.5. The summed E-state index contributed by atoms with van der Waals surface area (Å²) in [5.74, 6) is 0. The molecule has 1 heteroatoms. The number of hydrogen-bond acceptors (Lipinski definition) is 1. The molecule has 1 nitrogen and oxygen atoms in total. The summed E-state index contributed by atoms with van der Waals surface area (Å²) in [6.07, 6.45) is 5.98. The van der Waals surface area contributed by atoms with Crippen LogP contribution in [0.25, 0.3) is 12.2 Å². The van der Waals surface area contributed by atoms with E-state index in [0.29, 0.717) is 0 Å². The van der Waals surface area contributed by atoms with Gasteiger partial charge in [0.05, 0.1) is 0 Å². The van der Waals surface area contributed by atoms with Gasteiger partial charge in [-0.15, -0.1) is 0 Å². The van der Waals surface area contributed by atoms with E-state index in [4.69, 9.17) is 0 Å². The lowest BCUT2D eigenvalue weighted by atomic mass is 10.2. The van der Waals surface area contributed by atoms with E-state index in [9.17, 15) is 0 Å². The number of rotatable bonds is 1. The Balaban J connectivity index is 3.57. The van der Waals surface area contributed by atoms with Crippen molar-refractivity contribution < 1.29 is 0 Å². The molecule has 0 aliphatic carbocycles. The molecule has 0 aromatic carbocycles. The summed E-state index contributed by atoms with van der Waals surface area (Å²) < 4.78 is 0. The molecule has 1 aromatic heterocycles. The fourth-order valence-electron chi connectivity index (χ4n) is 1.36. The zero-order chi connectivity index (χ0) is 9.84. The quantitative estimate of drug-likeness (QED) is 0.628. The zero-order valence-electron chi connectivity index (χ0n) is 8.46. The van der Waals surface area contributed by atoms with Gasteiger partial charge in [0.2, 0.25) is 0 Å². The molecule has 0 radical (unpaired) electrons. The first kappa shape index (κ1) is 9.72. The standard InChI is InChI=1S/C12H15N/c1-5-12-10(4)13-7-6-11(12)8-9(2)3/h5-8H,2H2,1,3-4H3/b11-8-,12-5?. The van der Waals surface area contributed by atoms with Gasteiger partial charge in [-0.25, -0.2) is 0 Å². The Kier molecular flexibility index (Phi) is 3.02. The average Bonchev–Trinajstić information content (AvgIpc) is 2.03. The molecule has 0 N–H and O–H groups in total. The number of aromatic nitrogens is 1. The predicted molar refractivity (Wildman–Crippen MR) is 57.6 cm³/mol. The van der Waals surface area contributed by atoms with E-state index in [-0.39, 0.29) is 0 Å². The molecule has 0 fully saturated rings. The predicted octanol–water partition coefficient (Wildman–Crippen LogP) is 1.55. The van der Waals surface area contributed by atoms with Crippen LogP contribution < -0.4 is 10.4 Å². The van der Waals surface area contributed by atoms with E-state index in [0.717, 1.165) is 11.3 Å². The van der Waals surface area contributed by atoms with Crippen molar-refractivity contribution in [2.24, 2.45) is 0 Å². The third kappa shape index (κ3) is 2.28. The summed E-state index contributed by atoms with van der Waals surface area (Å²) in [4.78, 5) is 4.24. The van der Waals surface area contributed by atoms with Gasteiger partial charge < -0.3 is 0 Å². The van der Waals surface area contributed by atoms with E-state index >= 15 is 0 Å². The molecular formula is C12H15N. The first-order chi connectivity index (χ1) is 6.15. The topological polar surface area (TPSA) is 12.9 Å². The maximum absolute atomic E-state index is 4.24. The van der Waals surface area contributed by atoms with Crippen LogP contribution in [0.4, 0.5) is 0 Å². The van der Waals surface area contributed by atoms with Crippen LogP contribution in [-0.2, 0) is 0 Å². The highest BCUT2D eigenvalue weighted by Gasteiger charge is 1.89. The molecular weight excluding hydrogens is 158 g/mol. The largest absolute Gasteiger partial charge is 0.261 e. The zero-order valence-corrected chi connectivity index (χ0v) is 8.46. The number of nitrogens with zero attached hydrogens (tertiary/aromatic N) is 1. The van der Waals surface area contributed by atoms with Gasteiger partial charge in [-0.05, 0) is 37.3 Å². The molecule has 0 bridgehead atoms. The van der Waals surface area contributed by atoms with E-state index in [2.05, 4.69) is 23.7 Å². The van der Waals surface area contributed by atoms with Crippen LogP contribution in [0.2, 0.25) is 0 Å². The molecule has 0 unspecified atom stereocenters. The maximum Gasteiger partial charge on any atom is 0.0447 e. The van der Waals surface area contributed by atoms with Crippen LogP contribution in [-0.4, -0.2) is 4.98 Å². The minimum absolute atomic E-state index is 1.06. The second kappa shape index (κ2) is 4.04.